The van der Waals surface area contributed by atoms with E-state index < -0.39 is 95.3 Å². The molecule has 0 spiro atoms. The molecule has 4 N–H and O–H groups in total. The molecule has 30 heavy (non-hydrogen) atoms. The smallest absolute Gasteiger partial charge is 0.217 e. The second kappa shape index (κ2) is 9.63. The molecule has 16 nitrogen and oxygen atoms in total. The lowest BCUT2D eigenvalue weighted by Crippen LogP contribution is -2.64. The largest absolute Gasteiger partial charge is 0.735 e. The Kier molecular flexibility index (Phi) is 8.10. The Morgan fingerprint density at radius 3 is 2.30 bits per heavy atom. The SMILES string of the molecule is O=C([O-])C1OCC(O)[C@@H](O)[C@H]1O[C@@H]1OC(COS(=O)(=O)[O-])C[C@H](O)C1NS(=O)(=O)[O-]. The molecule has 2 aliphatic heterocycles. The van der Waals surface area contributed by atoms with E-state index in [0.29, 0.717) is 0 Å². The summed E-state index contributed by atoms with van der Waals surface area (Å²) >= 11 is 0. The molecule has 0 aromatic heterocycles. The van der Waals surface area contributed by atoms with Gasteiger partial charge in [0.1, 0.15) is 24.4 Å². The number of hydrogen-bond acceptors (Lipinski definition) is 15. The summed E-state index contributed by atoms with van der Waals surface area (Å²) in [4.78, 5) is 11.2. The van der Waals surface area contributed by atoms with Crippen LogP contribution >= 0.6 is 0 Å². The molecule has 18 heteroatoms. The van der Waals surface area contributed by atoms with Crippen molar-refractivity contribution in [1.82, 2.24) is 4.72 Å². The second-order valence-electron chi connectivity index (χ2n) is 6.45. The first kappa shape index (κ1) is 25.2. The molecule has 0 amide bonds. The zero-order chi connectivity index (χ0) is 22.9. The minimum absolute atomic E-state index is 0.529. The fourth-order valence-electron chi connectivity index (χ4n) is 2.91. The van der Waals surface area contributed by atoms with Crippen LogP contribution in [0.2, 0.25) is 0 Å². The Balaban J connectivity index is 2.26. The summed E-state index contributed by atoms with van der Waals surface area (Å²) in [7, 11) is -10.4. The van der Waals surface area contributed by atoms with Crippen molar-refractivity contribution in [2.45, 2.75) is 55.4 Å². The third-order valence-electron chi connectivity index (χ3n) is 4.22. The van der Waals surface area contributed by atoms with Crippen molar-refractivity contribution >= 4 is 26.7 Å². The average molecular weight is 480 g/mol. The Morgan fingerprint density at radius 1 is 1.13 bits per heavy atom. The van der Waals surface area contributed by atoms with Crippen molar-refractivity contribution < 1.29 is 69.6 Å². The Hall–Kier alpha value is -1.03. The van der Waals surface area contributed by atoms with Gasteiger partial charge in [-0.1, -0.05) is 0 Å². The monoisotopic (exact) mass is 480 g/mol. The lowest BCUT2D eigenvalue weighted by molar-refractivity contribution is -0.340. The van der Waals surface area contributed by atoms with E-state index in [-0.39, 0.29) is 0 Å². The molecule has 0 radical (unpaired) electrons. The van der Waals surface area contributed by atoms with E-state index in [9.17, 15) is 51.2 Å². The minimum Gasteiger partial charge on any atom is -0.735 e. The summed E-state index contributed by atoms with van der Waals surface area (Å²) in [6.07, 6.45) is -13.1. The molecule has 2 aliphatic rings. The molecule has 176 valence electrons. The van der Waals surface area contributed by atoms with Crippen molar-refractivity contribution in [2.75, 3.05) is 13.2 Å². The summed E-state index contributed by atoms with van der Waals surface area (Å²) in [6.45, 7) is -1.54. The first-order valence-electron chi connectivity index (χ1n) is 8.19. The maximum absolute atomic E-state index is 11.2. The van der Waals surface area contributed by atoms with Gasteiger partial charge in [-0.15, -0.1) is 0 Å². The number of carbonyl (C=O) groups is 1. The maximum Gasteiger partial charge on any atom is 0.217 e. The van der Waals surface area contributed by atoms with Crippen LogP contribution in [0.3, 0.4) is 0 Å². The second-order valence-corrected chi connectivity index (χ2v) is 8.65. The van der Waals surface area contributed by atoms with Crippen molar-refractivity contribution in [2.24, 2.45) is 0 Å². The van der Waals surface area contributed by atoms with Crippen molar-refractivity contribution in [1.29, 1.82) is 0 Å². The molecule has 0 aromatic carbocycles. The molecule has 2 heterocycles. The Bertz CT molecular complexity index is 815. The summed E-state index contributed by atoms with van der Waals surface area (Å²) in [5, 5.41) is 41.1. The molecule has 0 aromatic rings. The van der Waals surface area contributed by atoms with Crippen LogP contribution in [-0.2, 0) is 43.9 Å². The molecule has 2 fully saturated rings. The number of aliphatic hydroxyl groups excluding tert-OH is 3. The van der Waals surface area contributed by atoms with Crippen LogP contribution in [-0.4, -0.2) is 109 Å². The topological polar surface area (TPSA) is 264 Å². The van der Waals surface area contributed by atoms with Crippen molar-refractivity contribution in [3.63, 3.8) is 0 Å². The standard InChI is InChI=1S/C12H21NO15S2/c14-5-1-4(2-26-30(22,23)24)27-12(7(5)13-29(19,20)21)28-9-8(16)6(15)3-25-10(9)11(17)18/h4-10,12-16H,1-3H2,(H,17,18)(H,19,20,21)(H,22,23,24)/p-3/t4?,5-,6?,7?,8+,9+,10?,12-/m0/s1. The van der Waals surface area contributed by atoms with E-state index in [4.69, 9.17) is 14.2 Å². The van der Waals surface area contributed by atoms with Gasteiger partial charge in [-0.2, -0.15) is 0 Å². The minimum atomic E-state index is -5.21. The van der Waals surface area contributed by atoms with E-state index in [1.807, 2.05) is 0 Å². The van der Waals surface area contributed by atoms with Gasteiger partial charge in [0, 0.05) is 6.42 Å². The fourth-order valence-corrected chi connectivity index (χ4v) is 3.83. The van der Waals surface area contributed by atoms with E-state index in [2.05, 4.69) is 4.18 Å². The van der Waals surface area contributed by atoms with Crippen LogP contribution in [0.4, 0.5) is 0 Å². The predicted octanol–water partition coefficient (Wildman–Crippen LogP) is -6.39. The summed E-state index contributed by atoms with van der Waals surface area (Å²) in [5.74, 6) is -1.87. The molecule has 8 atom stereocenters. The van der Waals surface area contributed by atoms with Gasteiger partial charge in [0.25, 0.3) is 0 Å². The molecule has 2 rings (SSSR count). The maximum atomic E-state index is 11.2. The fraction of sp³-hybridized carbons (Fsp3) is 0.917. The zero-order valence-corrected chi connectivity index (χ0v) is 16.4. The van der Waals surface area contributed by atoms with Gasteiger partial charge in [0.2, 0.25) is 10.4 Å². The van der Waals surface area contributed by atoms with Crippen LogP contribution < -0.4 is 9.83 Å². The van der Waals surface area contributed by atoms with E-state index in [1.165, 1.54) is 4.72 Å². The van der Waals surface area contributed by atoms with Crippen molar-refractivity contribution in [3.05, 3.63) is 0 Å². The molecular formula is C12H18NO15S2-3. The van der Waals surface area contributed by atoms with Gasteiger partial charge in [0.05, 0.1) is 37.4 Å². The normalized spacial score (nSPS) is 38.3. The number of ether oxygens (including phenoxy) is 3. The van der Waals surface area contributed by atoms with E-state index in [0.717, 1.165) is 0 Å². The zero-order valence-electron chi connectivity index (χ0n) is 14.8. The number of rotatable bonds is 8. The molecule has 0 aliphatic carbocycles. The molecule has 4 unspecified atom stereocenters. The molecule has 0 saturated carbocycles. The van der Waals surface area contributed by atoms with E-state index >= 15 is 0 Å². The highest BCUT2D eigenvalue weighted by Crippen LogP contribution is 2.27. The highest BCUT2D eigenvalue weighted by atomic mass is 32.3. The van der Waals surface area contributed by atoms with Gasteiger partial charge in [-0.3, -0.25) is 4.18 Å². The molecule has 2 saturated heterocycles. The lowest BCUT2D eigenvalue weighted by atomic mass is 9.98. The molecule has 0 bridgehead atoms. The van der Waals surface area contributed by atoms with E-state index in [1.54, 1.807) is 0 Å². The third kappa shape index (κ3) is 7.00. The Labute approximate surface area is 170 Å². The number of hydrogen-bond donors (Lipinski definition) is 4. The van der Waals surface area contributed by atoms with Crippen LogP contribution in [0.15, 0.2) is 0 Å². The van der Waals surface area contributed by atoms with Crippen LogP contribution in [0.1, 0.15) is 6.42 Å². The van der Waals surface area contributed by atoms with Gasteiger partial charge in [-0.25, -0.2) is 21.6 Å². The first-order chi connectivity index (χ1) is 13.7. The van der Waals surface area contributed by atoms with Crippen LogP contribution in [0.25, 0.3) is 0 Å². The highest BCUT2D eigenvalue weighted by molar-refractivity contribution is 7.83. The van der Waals surface area contributed by atoms with Crippen LogP contribution in [0, 0.1) is 0 Å². The lowest BCUT2D eigenvalue weighted by Gasteiger charge is -2.45. The number of aliphatic carboxylic acids is 1. The Morgan fingerprint density at radius 2 is 1.77 bits per heavy atom. The predicted molar refractivity (Wildman–Crippen MR) is 83.2 cm³/mol. The summed E-state index contributed by atoms with van der Waals surface area (Å²) < 4.78 is 85.6. The van der Waals surface area contributed by atoms with Gasteiger partial charge >= 0.3 is 0 Å². The van der Waals surface area contributed by atoms with Gasteiger partial charge in [0.15, 0.2) is 16.6 Å². The average Bonchev–Trinajstić information content (AvgIpc) is 2.58. The van der Waals surface area contributed by atoms with Crippen molar-refractivity contribution in [3.8, 4) is 0 Å². The first-order valence-corrected chi connectivity index (χ1v) is 10.9. The third-order valence-corrected chi connectivity index (χ3v) is 5.20. The number of aliphatic hydroxyl groups is 3. The number of carboxylic acids is 1. The van der Waals surface area contributed by atoms with Crippen LogP contribution in [0.5, 0.6) is 0 Å². The number of nitrogens with one attached hydrogen (secondary N) is 1. The quantitative estimate of drug-likeness (QED) is 0.186. The molecular weight excluding hydrogens is 462 g/mol. The summed E-state index contributed by atoms with van der Waals surface area (Å²) in [5.41, 5.74) is 0. The van der Waals surface area contributed by atoms with Gasteiger partial charge < -0.3 is 48.5 Å². The van der Waals surface area contributed by atoms with Gasteiger partial charge in [-0.05, 0) is 0 Å². The number of carboxylic acid groups (broad SMARTS) is 1. The summed E-state index contributed by atoms with van der Waals surface area (Å²) in [6, 6.07) is -1.85. The number of carbonyl (C=O) groups excluding carboxylic acids is 1. The highest BCUT2D eigenvalue weighted by Gasteiger charge is 2.46.